The summed E-state index contributed by atoms with van der Waals surface area (Å²) in [5.41, 5.74) is 5.58. The molecule has 3 rings (SSSR count). The molecule has 75 heavy (non-hydrogen) atoms. The van der Waals surface area contributed by atoms with E-state index >= 15 is 0 Å². The molecule has 1 aromatic rings. The second-order valence-corrected chi connectivity index (χ2v) is 21.9. The highest BCUT2D eigenvalue weighted by atomic mass is 16.5. The van der Waals surface area contributed by atoms with Crippen molar-refractivity contribution in [3.8, 4) is 0 Å². The number of methoxy groups -OCH3 is 2. The average Bonchev–Trinajstić information content (AvgIpc) is 4.00. The Morgan fingerprint density at radius 2 is 1.37 bits per heavy atom. The van der Waals surface area contributed by atoms with Gasteiger partial charge in [0.15, 0.2) is 5.78 Å². The number of hydrazine groups is 1. The number of carbonyl (C=O) groups excluding carboxylic acids is 8. The number of amides is 7. The van der Waals surface area contributed by atoms with Crippen molar-refractivity contribution in [2.45, 2.75) is 182 Å². The van der Waals surface area contributed by atoms with Crippen molar-refractivity contribution < 1.29 is 52.9 Å². The molecule has 2 aliphatic heterocycles. The van der Waals surface area contributed by atoms with Gasteiger partial charge in [0.1, 0.15) is 0 Å². The van der Waals surface area contributed by atoms with E-state index in [0.717, 1.165) is 12.8 Å². The van der Waals surface area contributed by atoms with Crippen molar-refractivity contribution in [3.05, 3.63) is 48.0 Å². The normalized spacial score (nSPS) is 19.2. The smallest absolute Gasteiger partial charge is 0.253 e. The second kappa shape index (κ2) is 31.9. The Morgan fingerprint density at radius 1 is 0.760 bits per heavy atom. The quantitative estimate of drug-likeness (QED) is 0.0326. The van der Waals surface area contributed by atoms with E-state index < -0.39 is 48.3 Å². The van der Waals surface area contributed by atoms with Crippen molar-refractivity contribution in [1.29, 1.82) is 0 Å². The van der Waals surface area contributed by atoms with Gasteiger partial charge in [0.2, 0.25) is 29.5 Å². The van der Waals surface area contributed by atoms with Gasteiger partial charge in [-0.2, -0.15) is 0 Å². The van der Waals surface area contributed by atoms with Gasteiger partial charge >= 0.3 is 0 Å². The minimum atomic E-state index is -0.893. The van der Waals surface area contributed by atoms with Crippen LogP contribution in [-0.4, -0.2) is 144 Å². The number of ether oxygens (including phenoxy) is 2. The Kier molecular flexibility index (Phi) is 27.3. The Morgan fingerprint density at radius 3 is 1.93 bits per heavy atom. The number of hydrogen-bond donors (Lipinski definition) is 5. The molecule has 0 radical (unpaired) electrons. The lowest BCUT2D eigenvalue weighted by Gasteiger charge is -2.37. The summed E-state index contributed by atoms with van der Waals surface area (Å²) >= 11 is 0. The third-order valence-electron chi connectivity index (χ3n) is 15.7. The average molecular weight is 1050 g/mol. The van der Waals surface area contributed by atoms with Crippen molar-refractivity contribution in [3.63, 3.8) is 0 Å². The van der Waals surface area contributed by atoms with Crippen LogP contribution in [0.25, 0.3) is 0 Å². The molecule has 12 atom stereocenters. The zero-order valence-electron chi connectivity index (χ0n) is 47.4. The van der Waals surface area contributed by atoms with Gasteiger partial charge in [-0.05, 0) is 94.2 Å². The summed E-state index contributed by atoms with van der Waals surface area (Å²) in [5.74, 6) is -3.46. The summed E-state index contributed by atoms with van der Waals surface area (Å²) in [5, 5.41) is 17.0. The topological polar surface area (TPSA) is 233 Å². The fraction of sp³-hybridized carbons (Fsp3) is 0.719. The lowest BCUT2D eigenvalue weighted by Crippen LogP contribution is -2.55. The maximum Gasteiger partial charge on any atom is 0.253 e. The Balaban J connectivity index is 1.56. The number of imide groups is 1. The number of Topliss-reactive ketones (excluding diaryl/α,β-unsaturated/α-hetero) is 1. The predicted molar refractivity (Wildman–Crippen MR) is 288 cm³/mol. The van der Waals surface area contributed by atoms with Gasteiger partial charge in [-0.15, -0.1) is 0 Å². The summed E-state index contributed by atoms with van der Waals surface area (Å²) in [4.78, 5) is 110. The first-order valence-electron chi connectivity index (χ1n) is 27.5. The van der Waals surface area contributed by atoms with Gasteiger partial charge < -0.3 is 30.1 Å². The summed E-state index contributed by atoms with van der Waals surface area (Å²) in [6, 6.07) is 6.96. The highest BCUT2D eigenvalue weighted by Gasteiger charge is 2.42. The van der Waals surface area contributed by atoms with E-state index in [1.165, 1.54) is 17.1 Å². The number of hydrogen-bond acceptors (Lipinski definition) is 12. The summed E-state index contributed by atoms with van der Waals surface area (Å²) in [6.07, 6.45) is 6.01. The van der Waals surface area contributed by atoms with E-state index in [0.29, 0.717) is 63.7 Å². The SMILES string of the molecule is CCC(C)C(CC(C)C(C)C(=O)C(NC(=O)C(C(C)C)N(C)CCCC(=O)NNC(=O)CCCCCN1C(=O)C=CC1=O)C(C)C)C(CC(=O)N1CCCC1C(OC)C(C)C(=O)NC(C)C(O)c1ccccc1)OC. The highest BCUT2D eigenvalue weighted by molar-refractivity contribution is 6.12. The maximum atomic E-state index is 14.5. The summed E-state index contributed by atoms with van der Waals surface area (Å²) in [6.45, 7) is 20.7. The minimum absolute atomic E-state index is 0.0667. The molecule has 12 unspecified atom stereocenters. The van der Waals surface area contributed by atoms with Gasteiger partial charge in [-0.1, -0.05) is 105 Å². The molecule has 0 spiro atoms. The third-order valence-corrected chi connectivity index (χ3v) is 15.7. The van der Waals surface area contributed by atoms with Gasteiger partial charge in [-0.25, -0.2) is 0 Å². The van der Waals surface area contributed by atoms with E-state index in [1.807, 2.05) is 81.8 Å². The predicted octanol–water partition coefficient (Wildman–Crippen LogP) is 5.68. The highest BCUT2D eigenvalue weighted by Crippen LogP contribution is 2.35. The van der Waals surface area contributed by atoms with E-state index in [2.05, 4.69) is 42.3 Å². The Bertz CT molecular complexity index is 2030. The zero-order chi connectivity index (χ0) is 56.1. The number of rotatable bonds is 33. The molecule has 5 N–H and O–H groups in total. The van der Waals surface area contributed by atoms with Crippen LogP contribution in [0.5, 0.6) is 0 Å². The molecule has 2 aliphatic rings. The lowest BCUT2D eigenvalue weighted by molar-refractivity contribution is -0.143. The number of likely N-dealkylation sites (tertiary alicyclic amines) is 1. The molecule has 1 aromatic carbocycles. The van der Waals surface area contributed by atoms with Crippen LogP contribution in [0.15, 0.2) is 42.5 Å². The van der Waals surface area contributed by atoms with Crippen LogP contribution >= 0.6 is 0 Å². The molecule has 0 bridgehead atoms. The van der Waals surface area contributed by atoms with Gasteiger partial charge in [0.05, 0.1) is 54.8 Å². The fourth-order valence-corrected chi connectivity index (χ4v) is 10.7. The molecule has 0 aliphatic carbocycles. The molecule has 18 nitrogen and oxygen atoms in total. The van der Waals surface area contributed by atoms with E-state index in [1.54, 1.807) is 28.1 Å². The van der Waals surface area contributed by atoms with Crippen LogP contribution < -0.4 is 21.5 Å². The number of unbranched alkanes of at least 4 members (excludes halogenated alkanes) is 2. The Labute approximate surface area is 447 Å². The van der Waals surface area contributed by atoms with Gasteiger partial charge in [0, 0.05) is 58.2 Å². The van der Waals surface area contributed by atoms with Crippen LogP contribution in [0.2, 0.25) is 0 Å². The van der Waals surface area contributed by atoms with Gasteiger partial charge in [-0.3, -0.25) is 59.0 Å². The molecule has 7 amide bonds. The maximum absolute atomic E-state index is 14.5. The number of nitrogens with one attached hydrogen (secondary N) is 4. The van der Waals surface area contributed by atoms with Crippen LogP contribution in [0, 0.1) is 41.4 Å². The lowest BCUT2D eigenvalue weighted by atomic mass is 9.74. The number of aliphatic hydroxyl groups is 1. The molecule has 0 aromatic heterocycles. The number of nitrogens with zero attached hydrogens (tertiary/aromatic N) is 3. The van der Waals surface area contributed by atoms with Crippen molar-refractivity contribution >= 4 is 47.1 Å². The molecular weight excluding hydrogens is 959 g/mol. The summed E-state index contributed by atoms with van der Waals surface area (Å²) < 4.78 is 12.1. The second-order valence-electron chi connectivity index (χ2n) is 21.9. The summed E-state index contributed by atoms with van der Waals surface area (Å²) in [7, 11) is 5.01. The molecule has 422 valence electrons. The molecule has 18 heteroatoms. The first-order chi connectivity index (χ1) is 35.5. The van der Waals surface area contributed by atoms with E-state index in [-0.39, 0.29) is 102 Å². The Hall–Kier alpha value is -5.04. The molecule has 0 saturated carbocycles. The van der Waals surface area contributed by atoms with Gasteiger partial charge in [0.25, 0.3) is 11.8 Å². The largest absolute Gasteiger partial charge is 0.386 e. The van der Waals surface area contributed by atoms with Crippen molar-refractivity contribution in [2.75, 3.05) is 40.9 Å². The molecular formula is C57H93N7O11. The first-order valence-corrected chi connectivity index (χ1v) is 27.5. The van der Waals surface area contributed by atoms with Crippen LogP contribution in [0.1, 0.15) is 152 Å². The molecule has 1 fully saturated rings. The van der Waals surface area contributed by atoms with Crippen molar-refractivity contribution in [1.82, 2.24) is 36.2 Å². The van der Waals surface area contributed by atoms with Crippen LogP contribution in [-0.2, 0) is 47.8 Å². The minimum Gasteiger partial charge on any atom is -0.386 e. The first kappa shape index (κ1) is 64.2. The molecule has 1 saturated heterocycles. The van der Waals surface area contributed by atoms with E-state index in [9.17, 15) is 43.5 Å². The van der Waals surface area contributed by atoms with E-state index in [4.69, 9.17) is 9.47 Å². The third kappa shape index (κ3) is 19.2. The number of carbonyl (C=O) groups is 8. The van der Waals surface area contributed by atoms with Crippen LogP contribution in [0.3, 0.4) is 0 Å². The fourth-order valence-electron chi connectivity index (χ4n) is 10.7. The number of ketones is 1. The number of aliphatic hydroxyl groups excluding tert-OH is 1. The van der Waals surface area contributed by atoms with Crippen molar-refractivity contribution in [2.24, 2.45) is 41.4 Å². The standard InChI is InChI=1S/C57H93N7O11/c1-14-37(6)43(45(74-12)34-50(69)63-32-21-25-44(63)55(75-13)40(9)56(72)58-41(10)54(71)42-23-17-15-18-24-42)33-38(7)39(8)53(70)51(35(2)3)59-57(73)52(36(4)5)62(11)30-22-27-47(66)61-60-46(65)26-19-16-20-31-64-48(67)28-29-49(64)68/h15,17-18,23-24,28-29,35-41,43-45,51-52,54-55,71H,14,16,19-22,25-27,30-34H2,1-13H3,(H,58,72)(H,59,73)(H,60,65)(H,61,66). The number of likely N-dealkylation sites (N-methyl/N-ethyl adjacent to an activating group) is 1. The molecule has 2 heterocycles. The number of benzene rings is 1. The monoisotopic (exact) mass is 1050 g/mol. The van der Waals surface area contributed by atoms with Crippen LogP contribution in [0.4, 0.5) is 0 Å². The zero-order valence-corrected chi connectivity index (χ0v) is 47.4.